The van der Waals surface area contributed by atoms with Crippen molar-refractivity contribution < 1.29 is 0 Å². The molecule has 1 unspecified atom stereocenters. The van der Waals surface area contributed by atoms with E-state index in [4.69, 9.17) is 5.73 Å². The number of rotatable bonds is 2. The van der Waals surface area contributed by atoms with E-state index in [1.54, 1.807) is 0 Å². The van der Waals surface area contributed by atoms with E-state index in [0.717, 1.165) is 12.8 Å². The second-order valence-electron chi connectivity index (χ2n) is 1.30. The molecule has 0 aromatic rings. The van der Waals surface area contributed by atoms with Gasteiger partial charge < -0.3 is 5.73 Å². The van der Waals surface area contributed by atoms with Crippen LogP contribution >= 0.6 is 32.9 Å². The smallest absolute Gasteiger partial charge is 0.0605 e. The van der Waals surface area contributed by atoms with Crippen LogP contribution in [0.4, 0.5) is 0 Å². The summed E-state index contributed by atoms with van der Waals surface area (Å²) in [6, 6.07) is 0. The third-order valence-electron chi connectivity index (χ3n) is 0.564. The Labute approximate surface area is 63.6 Å². The predicted molar refractivity (Wildman–Crippen MR) is 42.1 cm³/mol. The van der Waals surface area contributed by atoms with Crippen molar-refractivity contribution in [3.05, 3.63) is 0 Å². The highest BCUT2D eigenvalue weighted by Crippen LogP contribution is 1.97. The zero-order valence-electron chi connectivity index (χ0n) is 4.36. The van der Waals surface area contributed by atoms with Gasteiger partial charge in [0, 0.05) is 0 Å². The molecule has 0 aliphatic rings. The number of nitrogens with two attached hydrogens (primary N) is 1. The molecule has 0 bridgehead atoms. The standard InChI is InChI=1S/C4H10BrN.BrH/c1-2-3-4(5)6;/h4H,2-3,6H2,1H3;1H. The lowest BCUT2D eigenvalue weighted by molar-refractivity contribution is 0.775. The molecule has 0 aliphatic carbocycles. The molecule has 46 valence electrons. The fourth-order valence-electron chi connectivity index (χ4n) is 0.276. The quantitative estimate of drug-likeness (QED) is 0.573. The monoisotopic (exact) mass is 231 g/mol. The van der Waals surface area contributed by atoms with E-state index in [9.17, 15) is 0 Å². The summed E-state index contributed by atoms with van der Waals surface area (Å²) < 4.78 is 0. The molecule has 1 nitrogen and oxygen atoms in total. The highest BCUT2D eigenvalue weighted by Gasteiger charge is 1.87. The molecular weight excluding hydrogens is 222 g/mol. The van der Waals surface area contributed by atoms with Gasteiger partial charge >= 0.3 is 0 Å². The van der Waals surface area contributed by atoms with E-state index in [1.165, 1.54) is 0 Å². The third-order valence-corrected chi connectivity index (χ3v) is 1.02. The zero-order valence-corrected chi connectivity index (χ0v) is 7.65. The van der Waals surface area contributed by atoms with Crippen LogP contribution in [0.2, 0.25) is 0 Å². The van der Waals surface area contributed by atoms with E-state index in [1.807, 2.05) is 0 Å². The lowest BCUT2D eigenvalue weighted by Gasteiger charge is -1.94. The van der Waals surface area contributed by atoms with E-state index in [2.05, 4.69) is 22.9 Å². The van der Waals surface area contributed by atoms with Crippen LogP contribution in [0.3, 0.4) is 0 Å². The lowest BCUT2D eigenvalue weighted by atomic mass is 10.3. The molecule has 0 radical (unpaired) electrons. The molecule has 0 aliphatic heterocycles. The van der Waals surface area contributed by atoms with Crippen molar-refractivity contribution in [1.82, 2.24) is 0 Å². The summed E-state index contributed by atoms with van der Waals surface area (Å²) in [5.41, 5.74) is 5.32. The molecule has 2 N–H and O–H groups in total. The zero-order chi connectivity index (χ0) is 4.99. The molecular formula is C4H11Br2N. The van der Waals surface area contributed by atoms with Gasteiger partial charge in [-0.05, 0) is 6.42 Å². The molecule has 0 heterocycles. The molecule has 1 atom stereocenters. The fraction of sp³-hybridized carbons (Fsp3) is 1.00. The first-order valence-corrected chi connectivity index (χ1v) is 3.08. The summed E-state index contributed by atoms with van der Waals surface area (Å²) in [7, 11) is 0. The summed E-state index contributed by atoms with van der Waals surface area (Å²) in [4.78, 5) is 0.211. The maximum Gasteiger partial charge on any atom is 0.0605 e. The van der Waals surface area contributed by atoms with E-state index in [0.29, 0.717) is 0 Å². The van der Waals surface area contributed by atoms with Crippen LogP contribution in [0, 0.1) is 0 Å². The van der Waals surface area contributed by atoms with Crippen LogP contribution < -0.4 is 5.73 Å². The van der Waals surface area contributed by atoms with Gasteiger partial charge in [0.2, 0.25) is 0 Å². The first-order chi connectivity index (χ1) is 2.77. The molecule has 0 spiro atoms. The lowest BCUT2D eigenvalue weighted by Crippen LogP contribution is -2.08. The van der Waals surface area contributed by atoms with Gasteiger partial charge in [0.25, 0.3) is 0 Å². The predicted octanol–water partition coefficient (Wildman–Crippen LogP) is 2.04. The van der Waals surface area contributed by atoms with Crippen LogP contribution in [0.15, 0.2) is 0 Å². The Morgan fingerprint density at radius 2 is 2.14 bits per heavy atom. The van der Waals surface area contributed by atoms with Gasteiger partial charge in [-0.1, -0.05) is 29.3 Å². The maximum atomic E-state index is 5.32. The molecule has 0 rings (SSSR count). The number of halogens is 2. The fourth-order valence-corrected chi connectivity index (χ4v) is 0.734. The van der Waals surface area contributed by atoms with Gasteiger partial charge in [-0.25, -0.2) is 0 Å². The van der Waals surface area contributed by atoms with Crippen molar-refractivity contribution in [2.45, 2.75) is 24.7 Å². The number of alkyl halides is 1. The molecule has 0 saturated heterocycles. The van der Waals surface area contributed by atoms with Crippen LogP contribution in [-0.4, -0.2) is 4.95 Å². The molecule has 0 aromatic carbocycles. The van der Waals surface area contributed by atoms with Crippen molar-refractivity contribution in [2.24, 2.45) is 5.73 Å². The van der Waals surface area contributed by atoms with Crippen molar-refractivity contribution >= 4 is 32.9 Å². The van der Waals surface area contributed by atoms with Gasteiger partial charge in [0.15, 0.2) is 0 Å². The first-order valence-electron chi connectivity index (χ1n) is 2.17. The van der Waals surface area contributed by atoms with Gasteiger partial charge in [0.1, 0.15) is 0 Å². The highest BCUT2D eigenvalue weighted by atomic mass is 79.9. The van der Waals surface area contributed by atoms with Crippen LogP contribution in [0.5, 0.6) is 0 Å². The van der Waals surface area contributed by atoms with Gasteiger partial charge in [0.05, 0.1) is 4.95 Å². The van der Waals surface area contributed by atoms with Crippen LogP contribution in [0.1, 0.15) is 19.8 Å². The molecule has 0 aromatic heterocycles. The van der Waals surface area contributed by atoms with Crippen molar-refractivity contribution in [3.63, 3.8) is 0 Å². The molecule has 0 amide bonds. The highest BCUT2D eigenvalue weighted by molar-refractivity contribution is 9.09. The van der Waals surface area contributed by atoms with Crippen molar-refractivity contribution in [3.8, 4) is 0 Å². The first kappa shape index (κ1) is 10.8. The summed E-state index contributed by atoms with van der Waals surface area (Å²) in [5, 5.41) is 0. The second kappa shape index (κ2) is 6.92. The molecule has 3 heteroatoms. The largest absolute Gasteiger partial charge is 0.319 e. The summed E-state index contributed by atoms with van der Waals surface area (Å²) in [6.07, 6.45) is 2.23. The summed E-state index contributed by atoms with van der Waals surface area (Å²) >= 11 is 3.21. The van der Waals surface area contributed by atoms with Gasteiger partial charge in [-0.3, -0.25) is 0 Å². The van der Waals surface area contributed by atoms with E-state index in [-0.39, 0.29) is 21.9 Å². The van der Waals surface area contributed by atoms with Crippen LogP contribution in [0.25, 0.3) is 0 Å². The van der Waals surface area contributed by atoms with Gasteiger partial charge in [-0.15, -0.1) is 17.0 Å². The molecule has 0 saturated carbocycles. The Morgan fingerprint density at radius 1 is 1.71 bits per heavy atom. The number of hydrogen-bond acceptors (Lipinski definition) is 1. The second-order valence-corrected chi connectivity index (χ2v) is 2.48. The maximum absolute atomic E-state index is 5.32. The Kier molecular flexibility index (Phi) is 10.7. The minimum absolute atomic E-state index is 0. The minimum Gasteiger partial charge on any atom is -0.319 e. The van der Waals surface area contributed by atoms with E-state index < -0.39 is 0 Å². The van der Waals surface area contributed by atoms with Crippen molar-refractivity contribution in [1.29, 1.82) is 0 Å². The van der Waals surface area contributed by atoms with Crippen LogP contribution in [-0.2, 0) is 0 Å². The average Bonchev–Trinajstić information content (AvgIpc) is 1.35. The van der Waals surface area contributed by atoms with Crippen molar-refractivity contribution in [2.75, 3.05) is 0 Å². The molecule has 7 heavy (non-hydrogen) atoms. The SMILES string of the molecule is Br.CCCC(N)Br. The topological polar surface area (TPSA) is 26.0 Å². The Hall–Kier alpha value is 0.920. The number of hydrogen-bond donors (Lipinski definition) is 1. The Bertz CT molecular complexity index is 30.9. The minimum atomic E-state index is 0. The summed E-state index contributed by atoms with van der Waals surface area (Å²) in [6.45, 7) is 2.11. The summed E-state index contributed by atoms with van der Waals surface area (Å²) in [5.74, 6) is 0. The Balaban J connectivity index is 0. The molecule has 0 fully saturated rings. The van der Waals surface area contributed by atoms with Gasteiger partial charge in [-0.2, -0.15) is 0 Å². The average molecular weight is 233 g/mol. The van der Waals surface area contributed by atoms with E-state index >= 15 is 0 Å². The normalized spacial score (nSPS) is 12.4. The Morgan fingerprint density at radius 3 is 2.14 bits per heavy atom. The third kappa shape index (κ3) is 10.9.